The molecule has 11 heteroatoms. The molecule has 0 saturated heterocycles. The van der Waals surface area contributed by atoms with Crippen LogP contribution in [0.2, 0.25) is 0 Å². The van der Waals surface area contributed by atoms with Gasteiger partial charge in [-0.3, -0.25) is 18.8 Å². The Kier molecular flexibility index (Phi) is 5.58. The van der Waals surface area contributed by atoms with Crippen LogP contribution < -0.4 is 16.0 Å². The molecule has 10 nitrogen and oxygen atoms in total. The molecule has 0 aromatic carbocycles. The summed E-state index contributed by atoms with van der Waals surface area (Å²) in [5.74, 6) is 1.30. The fourth-order valence-corrected chi connectivity index (χ4v) is 6.02. The third kappa shape index (κ3) is 4.56. The second-order valence-electron chi connectivity index (χ2n) is 10.0. The summed E-state index contributed by atoms with van der Waals surface area (Å²) in [5.41, 5.74) is 3.47. The number of nitrogens with zero attached hydrogens (tertiary/aromatic N) is 5. The smallest absolute Gasteiger partial charge is 0.254 e. The van der Waals surface area contributed by atoms with E-state index in [4.69, 9.17) is 0 Å². The molecule has 2 fully saturated rings. The Balaban J connectivity index is 1.27. The van der Waals surface area contributed by atoms with Gasteiger partial charge in [0.1, 0.15) is 11.3 Å². The lowest BCUT2D eigenvalue weighted by Gasteiger charge is -2.25. The minimum atomic E-state index is -0.0748. The molecule has 35 heavy (non-hydrogen) atoms. The van der Waals surface area contributed by atoms with Crippen LogP contribution in [0.25, 0.3) is 0 Å². The van der Waals surface area contributed by atoms with Crippen LogP contribution in [-0.2, 0) is 24.7 Å². The predicted octanol–water partition coefficient (Wildman–Crippen LogP) is 3.34. The molecule has 0 spiro atoms. The monoisotopic (exact) mass is 494 g/mol. The second kappa shape index (κ2) is 8.78. The minimum Gasteiger partial charge on any atom is -0.352 e. The molecule has 3 aliphatic rings. The van der Waals surface area contributed by atoms with Gasteiger partial charge in [0, 0.05) is 36.6 Å². The number of carbonyl (C=O) groups is 2. The van der Waals surface area contributed by atoms with Gasteiger partial charge in [0.2, 0.25) is 11.9 Å². The average Bonchev–Trinajstić information content (AvgIpc) is 3.74. The first kappa shape index (κ1) is 22.3. The number of nitrogens with one attached hydrogen (secondary N) is 3. The molecule has 3 N–H and O–H groups in total. The van der Waals surface area contributed by atoms with E-state index in [0.29, 0.717) is 35.4 Å². The Labute approximate surface area is 207 Å². The van der Waals surface area contributed by atoms with Crippen LogP contribution in [0.3, 0.4) is 0 Å². The van der Waals surface area contributed by atoms with Crippen molar-refractivity contribution in [3.8, 4) is 0 Å². The number of fused-ring (bicyclic) bond motifs is 1. The van der Waals surface area contributed by atoms with Crippen LogP contribution in [0.4, 0.5) is 16.6 Å². The molecule has 3 aromatic heterocycles. The van der Waals surface area contributed by atoms with Crippen LogP contribution in [-0.4, -0.2) is 42.9 Å². The number of rotatable bonds is 8. The molecular weight excluding hydrogens is 464 g/mol. The summed E-state index contributed by atoms with van der Waals surface area (Å²) in [4.78, 5) is 27.1. The summed E-state index contributed by atoms with van der Waals surface area (Å²) in [7, 11) is 1.89. The highest BCUT2D eigenvalue weighted by Crippen LogP contribution is 2.43. The summed E-state index contributed by atoms with van der Waals surface area (Å²) < 4.78 is 3.82. The topological polar surface area (TPSA) is 119 Å². The maximum Gasteiger partial charge on any atom is 0.254 e. The highest BCUT2D eigenvalue weighted by molar-refractivity contribution is 7.17. The molecule has 0 unspecified atom stereocenters. The van der Waals surface area contributed by atoms with Crippen LogP contribution in [0.15, 0.2) is 12.5 Å². The Morgan fingerprint density at radius 1 is 1.20 bits per heavy atom. The van der Waals surface area contributed by atoms with Crippen LogP contribution in [0, 0.1) is 18.8 Å². The quantitative estimate of drug-likeness (QED) is 0.442. The maximum atomic E-state index is 13.3. The summed E-state index contributed by atoms with van der Waals surface area (Å²) in [6.45, 7) is 2.65. The van der Waals surface area contributed by atoms with Gasteiger partial charge in [-0.25, -0.2) is 0 Å². The average molecular weight is 495 g/mol. The molecule has 3 heterocycles. The van der Waals surface area contributed by atoms with Crippen molar-refractivity contribution in [1.29, 1.82) is 0 Å². The van der Waals surface area contributed by atoms with Gasteiger partial charge < -0.3 is 16.0 Å². The van der Waals surface area contributed by atoms with Gasteiger partial charge in [0.25, 0.3) is 5.91 Å². The molecule has 3 aliphatic carbocycles. The first-order valence-corrected chi connectivity index (χ1v) is 13.2. The van der Waals surface area contributed by atoms with Crippen LogP contribution >= 0.6 is 11.3 Å². The number of anilines is 3. The summed E-state index contributed by atoms with van der Waals surface area (Å²) in [5, 5.41) is 23.1. The van der Waals surface area contributed by atoms with E-state index in [0.717, 1.165) is 42.6 Å². The first-order chi connectivity index (χ1) is 17.0. The number of hydrogen-bond donors (Lipinski definition) is 3. The van der Waals surface area contributed by atoms with E-state index in [2.05, 4.69) is 35.8 Å². The number of amides is 2. The predicted molar refractivity (Wildman–Crippen MR) is 133 cm³/mol. The van der Waals surface area contributed by atoms with Crippen molar-refractivity contribution in [2.24, 2.45) is 18.9 Å². The van der Waals surface area contributed by atoms with E-state index < -0.39 is 0 Å². The second-order valence-corrected chi connectivity index (χ2v) is 11.1. The van der Waals surface area contributed by atoms with Gasteiger partial charge in [0.15, 0.2) is 0 Å². The van der Waals surface area contributed by atoms with Crippen LogP contribution in [0.5, 0.6) is 0 Å². The SMILES string of the molecule is Cc1nn(C)cc1Nc1nncn1[C@H]1CCc2sc(NC(=O)C3CC3)c(C(=O)NCC3CC3)c2C1. The van der Waals surface area contributed by atoms with E-state index >= 15 is 0 Å². The van der Waals surface area contributed by atoms with E-state index in [-0.39, 0.29) is 23.8 Å². The van der Waals surface area contributed by atoms with Gasteiger partial charge in [0.05, 0.1) is 16.9 Å². The molecule has 0 aliphatic heterocycles. The summed E-state index contributed by atoms with van der Waals surface area (Å²) >= 11 is 1.56. The van der Waals surface area contributed by atoms with E-state index in [1.54, 1.807) is 22.3 Å². The standard InChI is InChI=1S/C24H30N8O2S/c1-13-18(11-31(2)30-13)27-24-29-26-12-32(24)16-7-8-19-17(9-16)20(22(34)25-10-14-3-4-14)23(35-19)28-21(33)15-5-6-15/h11-12,14-16H,3-10H2,1-2H3,(H,25,34)(H,27,29)(H,28,33)/t16-/m0/s1. The van der Waals surface area contributed by atoms with Gasteiger partial charge >= 0.3 is 0 Å². The largest absolute Gasteiger partial charge is 0.352 e. The number of aromatic nitrogens is 5. The highest BCUT2D eigenvalue weighted by Gasteiger charge is 2.35. The van der Waals surface area contributed by atoms with Crippen molar-refractivity contribution in [3.63, 3.8) is 0 Å². The number of thiophene rings is 1. The van der Waals surface area contributed by atoms with Crippen molar-refractivity contribution in [2.75, 3.05) is 17.2 Å². The molecule has 3 aromatic rings. The van der Waals surface area contributed by atoms with Crippen molar-refractivity contribution in [3.05, 3.63) is 34.2 Å². The Bertz CT molecular complexity index is 1280. The fraction of sp³-hybridized carbons (Fsp3) is 0.542. The van der Waals surface area contributed by atoms with Crippen molar-refractivity contribution in [2.45, 2.75) is 57.9 Å². The summed E-state index contributed by atoms with van der Waals surface area (Å²) in [6.07, 6.45) is 10.3. The molecule has 6 rings (SSSR count). The van der Waals surface area contributed by atoms with Crippen molar-refractivity contribution >= 4 is 39.8 Å². The van der Waals surface area contributed by atoms with Gasteiger partial charge in [-0.15, -0.1) is 21.5 Å². The lowest BCUT2D eigenvalue weighted by Crippen LogP contribution is -2.28. The molecule has 2 saturated carbocycles. The Morgan fingerprint density at radius 3 is 2.74 bits per heavy atom. The molecule has 1 atom stereocenters. The minimum absolute atomic E-state index is 0.0357. The van der Waals surface area contributed by atoms with Crippen molar-refractivity contribution < 1.29 is 9.59 Å². The van der Waals surface area contributed by atoms with E-state index in [1.165, 1.54) is 17.7 Å². The maximum absolute atomic E-state index is 13.3. The zero-order valence-corrected chi connectivity index (χ0v) is 20.8. The zero-order chi connectivity index (χ0) is 24.1. The van der Waals surface area contributed by atoms with Crippen LogP contribution in [0.1, 0.15) is 64.6 Å². The third-order valence-corrected chi connectivity index (χ3v) is 8.33. The van der Waals surface area contributed by atoms with Gasteiger partial charge in [-0.1, -0.05) is 0 Å². The summed E-state index contributed by atoms with van der Waals surface area (Å²) in [6, 6.07) is 0.105. The van der Waals surface area contributed by atoms with E-state index in [9.17, 15) is 9.59 Å². The van der Waals surface area contributed by atoms with Gasteiger partial charge in [-0.05, 0) is 63.4 Å². The molecule has 0 radical (unpaired) electrons. The normalized spacial score (nSPS) is 19.3. The lowest BCUT2D eigenvalue weighted by molar-refractivity contribution is -0.117. The first-order valence-electron chi connectivity index (χ1n) is 12.4. The molecule has 0 bridgehead atoms. The molecule has 184 valence electrons. The van der Waals surface area contributed by atoms with Gasteiger partial charge in [-0.2, -0.15) is 5.10 Å². The molecular formula is C24H30N8O2S. The lowest BCUT2D eigenvalue weighted by atomic mass is 9.91. The number of aryl methyl sites for hydroxylation is 3. The zero-order valence-electron chi connectivity index (χ0n) is 20.0. The highest BCUT2D eigenvalue weighted by atomic mass is 32.1. The van der Waals surface area contributed by atoms with E-state index in [1.807, 2.05) is 20.2 Å². The fourth-order valence-electron chi connectivity index (χ4n) is 4.78. The Hall–Kier alpha value is -3.21. The molecule has 2 amide bonds. The number of hydrogen-bond acceptors (Lipinski definition) is 7. The Morgan fingerprint density at radius 2 is 2.03 bits per heavy atom. The van der Waals surface area contributed by atoms with Crippen molar-refractivity contribution in [1.82, 2.24) is 29.9 Å². The third-order valence-electron chi connectivity index (χ3n) is 7.12. The number of carbonyl (C=O) groups excluding carboxylic acids is 2.